The molecule has 0 spiro atoms. The molecule has 0 fully saturated rings. The lowest BCUT2D eigenvalue weighted by Gasteiger charge is -2.24. The summed E-state index contributed by atoms with van der Waals surface area (Å²) in [5, 5.41) is 5.47. The zero-order chi connectivity index (χ0) is 18.2. The largest absolute Gasteiger partial charge is 0.445 e. The van der Waals surface area contributed by atoms with Gasteiger partial charge in [-0.1, -0.05) is 32.1 Å². The standard InChI is InChI=1S/C18H30N2O4/c1-13(2)15(11-19-16(21)24-18(3,4)5)20-17(22)23-12-14-9-7-6-8-10-14/h7,9-10,13,15H,6,8,11-12H2,1-5H3,(H,19,21)(H,20,22). The molecule has 1 aliphatic carbocycles. The van der Waals surface area contributed by atoms with Crippen LogP contribution in [0.3, 0.4) is 0 Å². The molecule has 0 aliphatic heterocycles. The number of nitrogens with one attached hydrogen (secondary N) is 2. The van der Waals surface area contributed by atoms with Crippen molar-refractivity contribution >= 4 is 12.2 Å². The molecule has 0 saturated heterocycles. The van der Waals surface area contributed by atoms with Crippen LogP contribution in [0.2, 0.25) is 0 Å². The number of hydrogen-bond donors (Lipinski definition) is 2. The van der Waals surface area contributed by atoms with E-state index in [4.69, 9.17) is 9.47 Å². The molecule has 136 valence electrons. The van der Waals surface area contributed by atoms with Crippen LogP contribution in [-0.4, -0.2) is 37.0 Å². The number of rotatable bonds is 6. The van der Waals surface area contributed by atoms with E-state index in [9.17, 15) is 9.59 Å². The second-order valence-electron chi connectivity index (χ2n) is 7.21. The van der Waals surface area contributed by atoms with Gasteiger partial charge in [0, 0.05) is 6.54 Å². The Bertz CT molecular complexity index is 490. The van der Waals surface area contributed by atoms with Crippen molar-refractivity contribution in [2.24, 2.45) is 5.92 Å². The molecule has 1 aliphatic rings. The summed E-state index contributed by atoms with van der Waals surface area (Å²) in [7, 11) is 0. The van der Waals surface area contributed by atoms with Gasteiger partial charge in [-0.05, 0) is 45.1 Å². The Morgan fingerprint density at radius 1 is 1.21 bits per heavy atom. The fourth-order valence-electron chi connectivity index (χ4n) is 2.08. The van der Waals surface area contributed by atoms with Crippen LogP contribution in [0.1, 0.15) is 47.5 Å². The Morgan fingerprint density at radius 2 is 1.92 bits per heavy atom. The second kappa shape index (κ2) is 9.35. The van der Waals surface area contributed by atoms with Crippen molar-refractivity contribution in [1.82, 2.24) is 10.6 Å². The SMILES string of the molecule is CC(C)C(CNC(=O)OC(C)(C)C)NC(=O)OCC1=CCCC=C1. The number of allylic oxidation sites excluding steroid dienone is 2. The zero-order valence-electron chi connectivity index (χ0n) is 15.3. The molecular formula is C18H30N2O4. The Hall–Kier alpha value is -1.98. The van der Waals surface area contributed by atoms with Gasteiger partial charge in [0.05, 0.1) is 6.04 Å². The van der Waals surface area contributed by atoms with Gasteiger partial charge in [0.25, 0.3) is 0 Å². The molecular weight excluding hydrogens is 308 g/mol. The van der Waals surface area contributed by atoms with Gasteiger partial charge in [-0.15, -0.1) is 0 Å². The third kappa shape index (κ3) is 8.60. The lowest BCUT2D eigenvalue weighted by Crippen LogP contribution is -2.47. The maximum Gasteiger partial charge on any atom is 0.407 e. The van der Waals surface area contributed by atoms with Crippen molar-refractivity contribution < 1.29 is 19.1 Å². The van der Waals surface area contributed by atoms with Crippen LogP contribution in [0.15, 0.2) is 23.8 Å². The van der Waals surface area contributed by atoms with E-state index in [1.165, 1.54) is 0 Å². The van der Waals surface area contributed by atoms with Crippen LogP contribution < -0.4 is 10.6 Å². The molecule has 0 radical (unpaired) electrons. The molecule has 1 unspecified atom stereocenters. The highest BCUT2D eigenvalue weighted by Crippen LogP contribution is 2.10. The molecule has 0 saturated carbocycles. The molecule has 24 heavy (non-hydrogen) atoms. The van der Waals surface area contributed by atoms with E-state index >= 15 is 0 Å². The highest BCUT2D eigenvalue weighted by atomic mass is 16.6. The second-order valence-corrected chi connectivity index (χ2v) is 7.21. The number of alkyl carbamates (subject to hydrolysis) is 2. The van der Waals surface area contributed by atoms with Crippen LogP contribution in [0.5, 0.6) is 0 Å². The van der Waals surface area contributed by atoms with Crippen molar-refractivity contribution in [3.8, 4) is 0 Å². The fourth-order valence-corrected chi connectivity index (χ4v) is 2.08. The normalized spacial score (nSPS) is 15.5. The van der Waals surface area contributed by atoms with Gasteiger partial charge >= 0.3 is 12.2 Å². The predicted octanol–water partition coefficient (Wildman–Crippen LogP) is 3.54. The molecule has 0 bridgehead atoms. The minimum atomic E-state index is -0.551. The van der Waals surface area contributed by atoms with E-state index in [-0.39, 0.29) is 25.1 Å². The summed E-state index contributed by atoms with van der Waals surface area (Å²) in [5.41, 5.74) is 0.453. The predicted molar refractivity (Wildman–Crippen MR) is 93.8 cm³/mol. The summed E-state index contributed by atoms with van der Waals surface area (Å²) in [6.45, 7) is 9.88. The van der Waals surface area contributed by atoms with E-state index in [1.807, 2.05) is 19.9 Å². The lowest BCUT2D eigenvalue weighted by atomic mass is 10.1. The van der Waals surface area contributed by atoms with Crippen molar-refractivity contribution in [3.63, 3.8) is 0 Å². The minimum Gasteiger partial charge on any atom is -0.445 e. The van der Waals surface area contributed by atoms with E-state index in [0.717, 1.165) is 18.4 Å². The molecule has 6 nitrogen and oxygen atoms in total. The lowest BCUT2D eigenvalue weighted by molar-refractivity contribution is 0.0517. The molecule has 1 rings (SSSR count). The molecule has 2 N–H and O–H groups in total. The van der Waals surface area contributed by atoms with Crippen LogP contribution >= 0.6 is 0 Å². The number of carbonyl (C=O) groups is 2. The molecule has 0 aromatic carbocycles. The summed E-state index contributed by atoms with van der Waals surface area (Å²) in [6.07, 6.45) is 7.13. The number of amides is 2. The van der Waals surface area contributed by atoms with Crippen molar-refractivity contribution in [2.45, 2.75) is 59.1 Å². The Morgan fingerprint density at radius 3 is 2.46 bits per heavy atom. The van der Waals surface area contributed by atoms with E-state index in [0.29, 0.717) is 0 Å². The smallest absolute Gasteiger partial charge is 0.407 e. The summed E-state index contributed by atoms with van der Waals surface area (Å²) >= 11 is 0. The number of hydrogen-bond acceptors (Lipinski definition) is 4. The quantitative estimate of drug-likeness (QED) is 0.776. The maximum atomic E-state index is 11.9. The summed E-state index contributed by atoms with van der Waals surface area (Å²) in [4.78, 5) is 23.7. The van der Waals surface area contributed by atoms with Gasteiger partial charge in [-0.25, -0.2) is 9.59 Å². The van der Waals surface area contributed by atoms with Crippen molar-refractivity contribution in [1.29, 1.82) is 0 Å². The van der Waals surface area contributed by atoms with E-state index in [2.05, 4.69) is 22.8 Å². The Balaban J connectivity index is 2.39. The maximum absolute atomic E-state index is 11.9. The van der Waals surface area contributed by atoms with Gasteiger partial charge in [0.2, 0.25) is 0 Å². The number of ether oxygens (including phenoxy) is 2. The van der Waals surface area contributed by atoms with Gasteiger partial charge in [0.1, 0.15) is 12.2 Å². The van der Waals surface area contributed by atoms with Crippen LogP contribution in [-0.2, 0) is 9.47 Å². The highest BCUT2D eigenvalue weighted by Gasteiger charge is 2.21. The minimum absolute atomic E-state index is 0.140. The summed E-state index contributed by atoms with van der Waals surface area (Å²) < 4.78 is 10.4. The van der Waals surface area contributed by atoms with Crippen LogP contribution in [0.4, 0.5) is 9.59 Å². The molecule has 2 amide bonds. The first-order valence-corrected chi connectivity index (χ1v) is 8.43. The highest BCUT2D eigenvalue weighted by molar-refractivity contribution is 5.69. The van der Waals surface area contributed by atoms with E-state index < -0.39 is 17.8 Å². The van der Waals surface area contributed by atoms with Gasteiger partial charge < -0.3 is 20.1 Å². The summed E-state index contributed by atoms with van der Waals surface area (Å²) in [5.74, 6) is 0.140. The first-order valence-electron chi connectivity index (χ1n) is 8.43. The topological polar surface area (TPSA) is 76.7 Å². The monoisotopic (exact) mass is 338 g/mol. The average Bonchev–Trinajstić information content (AvgIpc) is 2.48. The molecule has 0 heterocycles. The Labute approximate surface area is 144 Å². The summed E-state index contributed by atoms with van der Waals surface area (Å²) in [6, 6.07) is -0.235. The molecule has 0 aromatic heterocycles. The molecule has 1 atom stereocenters. The molecule has 0 aromatic rings. The third-order valence-electron chi connectivity index (χ3n) is 3.41. The Kier molecular flexibility index (Phi) is 7.82. The van der Waals surface area contributed by atoms with Crippen molar-refractivity contribution in [3.05, 3.63) is 23.8 Å². The van der Waals surface area contributed by atoms with Crippen LogP contribution in [0, 0.1) is 5.92 Å². The zero-order valence-corrected chi connectivity index (χ0v) is 15.3. The van der Waals surface area contributed by atoms with Gasteiger partial charge in [-0.2, -0.15) is 0 Å². The average molecular weight is 338 g/mol. The first-order chi connectivity index (χ1) is 11.2. The van der Waals surface area contributed by atoms with Crippen molar-refractivity contribution in [2.75, 3.05) is 13.2 Å². The number of carbonyl (C=O) groups excluding carboxylic acids is 2. The van der Waals surface area contributed by atoms with Gasteiger partial charge in [-0.3, -0.25) is 0 Å². The van der Waals surface area contributed by atoms with Crippen LogP contribution in [0.25, 0.3) is 0 Å². The third-order valence-corrected chi connectivity index (χ3v) is 3.41. The van der Waals surface area contributed by atoms with Gasteiger partial charge in [0.15, 0.2) is 0 Å². The van der Waals surface area contributed by atoms with E-state index in [1.54, 1.807) is 20.8 Å². The fraction of sp³-hybridized carbons (Fsp3) is 0.667. The first kappa shape index (κ1) is 20.1. The molecule has 6 heteroatoms.